The monoisotopic (exact) mass is 358 g/mol. The molecular formula is C18H14O2S3. The summed E-state index contributed by atoms with van der Waals surface area (Å²) in [6, 6.07) is 17.1. The molecule has 0 amide bonds. The predicted molar refractivity (Wildman–Crippen MR) is 99.8 cm³/mol. The van der Waals surface area contributed by atoms with E-state index in [4.69, 9.17) is 0 Å². The first-order chi connectivity index (χ1) is 11.2. The topological polar surface area (TPSA) is 34.1 Å². The van der Waals surface area contributed by atoms with Crippen LogP contribution in [0.15, 0.2) is 60.0 Å². The Hall–Kier alpha value is -1.69. The maximum Gasteiger partial charge on any atom is 0.219 e. The van der Waals surface area contributed by atoms with Crippen molar-refractivity contribution in [2.75, 3.05) is 5.75 Å². The molecule has 23 heavy (non-hydrogen) atoms. The van der Waals surface area contributed by atoms with Crippen molar-refractivity contribution in [3.63, 3.8) is 0 Å². The molecule has 5 heteroatoms. The highest BCUT2D eigenvalue weighted by Gasteiger charge is 2.12. The van der Waals surface area contributed by atoms with E-state index in [1.807, 2.05) is 41.8 Å². The van der Waals surface area contributed by atoms with Crippen molar-refractivity contribution in [3.05, 3.63) is 70.4 Å². The molecule has 3 aromatic rings. The molecule has 0 spiro atoms. The van der Waals surface area contributed by atoms with Gasteiger partial charge in [-0.25, -0.2) is 0 Å². The van der Waals surface area contributed by atoms with E-state index in [9.17, 15) is 9.59 Å². The number of ketones is 1. The van der Waals surface area contributed by atoms with E-state index in [1.54, 1.807) is 23.5 Å². The van der Waals surface area contributed by atoms with Gasteiger partial charge in [0.25, 0.3) is 0 Å². The lowest BCUT2D eigenvalue weighted by molar-refractivity contribution is 0.0993. The highest BCUT2D eigenvalue weighted by Crippen LogP contribution is 2.32. The first-order valence-electron chi connectivity index (χ1n) is 7.13. The van der Waals surface area contributed by atoms with Crippen LogP contribution in [0.2, 0.25) is 0 Å². The third-order valence-electron chi connectivity index (χ3n) is 3.22. The minimum atomic E-state index is 0.0175. The third kappa shape index (κ3) is 4.19. The van der Waals surface area contributed by atoms with E-state index in [0.29, 0.717) is 17.7 Å². The summed E-state index contributed by atoms with van der Waals surface area (Å²) >= 11 is 4.40. The number of carbonyl (C=O) groups is 2. The number of thioether (sulfide) groups is 1. The molecule has 2 aromatic heterocycles. The van der Waals surface area contributed by atoms with Crippen LogP contribution in [0.1, 0.15) is 26.5 Å². The SMILES string of the molecule is O=C(SCCC(=O)c1ccc(-c2cccs2)s1)c1ccccc1. The molecule has 2 nitrogen and oxygen atoms in total. The average Bonchev–Trinajstić information content (AvgIpc) is 3.26. The van der Waals surface area contributed by atoms with Crippen molar-refractivity contribution in [1.82, 2.24) is 0 Å². The fourth-order valence-electron chi connectivity index (χ4n) is 2.06. The Kier molecular flexibility index (Phi) is 5.43. The number of thiophene rings is 2. The van der Waals surface area contributed by atoms with E-state index in [0.717, 1.165) is 9.75 Å². The molecule has 0 aliphatic rings. The van der Waals surface area contributed by atoms with Gasteiger partial charge in [0.05, 0.1) is 4.88 Å². The van der Waals surface area contributed by atoms with Crippen molar-refractivity contribution in [2.24, 2.45) is 0 Å². The predicted octanol–water partition coefficient (Wildman–Crippen LogP) is 5.62. The second-order valence-electron chi connectivity index (χ2n) is 4.82. The van der Waals surface area contributed by atoms with Crippen molar-refractivity contribution < 1.29 is 9.59 Å². The third-order valence-corrected chi connectivity index (χ3v) is 6.31. The minimum absolute atomic E-state index is 0.0175. The van der Waals surface area contributed by atoms with Gasteiger partial charge >= 0.3 is 0 Å². The summed E-state index contributed by atoms with van der Waals surface area (Å²) in [6.07, 6.45) is 0.383. The zero-order valence-corrected chi connectivity index (χ0v) is 14.7. The van der Waals surface area contributed by atoms with Gasteiger partial charge in [-0.1, -0.05) is 48.2 Å². The molecule has 0 saturated carbocycles. The highest BCUT2D eigenvalue weighted by molar-refractivity contribution is 8.14. The van der Waals surface area contributed by atoms with Crippen LogP contribution in [0.4, 0.5) is 0 Å². The van der Waals surface area contributed by atoms with Crippen molar-refractivity contribution in [3.8, 4) is 9.75 Å². The lowest BCUT2D eigenvalue weighted by atomic mass is 10.2. The van der Waals surface area contributed by atoms with Crippen LogP contribution in [-0.4, -0.2) is 16.7 Å². The van der Waals surface area contributed by atoms with Gasteiger partial charge in [-0.3, -0.25) is 9.59 Å². The first-order valence-corrected chi connectivity index (χ1v) is 9.81. The van der Waals surface area contributed by atoms with Gasteiger partial charge in [-0.2, -0.15) is 0 Å². The molecule has 2 heterocycles. The largest absolute Gasteiger partial charge is 0.293 e. The second-order valence-corrected chi connectivity index (χ2v) is 7.92. The number of benzene rings is 1. The average molecular weight is 359 g/mol. The lowest BCUT2D eigenvalue weighted by Gasteiger charge is -2.00. The number of carbonyl (C=O) groups excluding carboxylic acids is 2. The molecule has 0 fully saturated rings. The first kappa shape index (κ1) is 16.2. The second kappa shape index (κ2) is 7.73. The highest BCUT2D eigenvalue weighted by atomic mass is 32.2. The number of hydrogen-bond donors (Lipinski definition) is 0. The normalized spacial score (nSPS) is 10.6. The molecule has 0 aliphatic carbocycles. The van der Waals surface area contributed by atoms with Gasteiger partial charge < -0.3 is 0 Å². The molecule has 0 radical (unpaired) electrons. The summed E-state index contributed by atoms with van der Waals surface area (Å²) < 4.78 is 0. The summed E-state index contributed by atoms with van der Waals surface area (Å²) in [6.45, 7) is 0. The summed E-state index contributed by atoms with van der Waals surface area (Å²) in [5.74, 6) is 0.616. The molecule has 0 bridgehead atoms. The van der Waals surface area contributed by atoms with E-state index in [-0.39, 0.29) is 10.9 Å². The molecular weight excluding hydrogens is 344 g/mol. The van der Waals surface area contributed by atoms with Gasteiger partial charge in [0.15, 0.2) is 5.78 Å². The maximum absolute atomic E-state index is 12.2. The minimum Gasteiger partial charge on any atom is -0.293 e. The van der Waals surface area contributed by atoms with Gasteiger partial charge in [-0.15, -0.1) is 22.7 Å². The van der Waals surface area contributed by atoms with E-state index < -0.39 is 0 Å². The van der Waals surface area contributed by atoms with Crippen LogP contribution < -0.4 is 0 Å². The van der Waals surface area contributed by atoms with Crippen molar-refractivity contribution >= 4 is 45.3 Å². The van der Waals surface area contributed by atoms with Crippen LogP contribution >= 0.6 is 34.4 Å². The smallest absolute Gasteiger partial charge is 0.219 e. The van der Waals surface area contributed by atoms with Crippen molar-refractivity contribution in [1.29, 1.82) is 0 Å². The van der Waals surface area contributed by atoms with Crippen LogP contribution in [0.5, 0.6) is 0 Å². The van der Waals surface area contributed by atoms with Gasteiger partial charge in [0.1, 0.15) is 0 Å². The molecule has 0 N–H and O–H groups in total. The van der Waals surface area contributed by atoms with E-state index in [1.165, 1.54) is 28.0 Å². The standard InChI is InChI=1S/C18H14O2S3/c19-14(10-12-22-18(20)13-5-2-1-3-6-13)15-8-9-17(23-15)16-7-4-11-21-16/h1-9,11H,10,12H2. The molecule has 1 aromatic carbocycles. The number of hydrogen-bond acceptors (Lipinski definition) is 5. The zero-order chi connectivity index (χ0) is 16.1. The van der Waals surface area contributed by atoms with Gasteiger partial charge in [0, 0.05) is 27.5 Å². The summed E-state index contributed by atoms with van der Waals surface area (Å²) in [7, 11) is 0. The quantitative estimate of drug-likeness (QED) is 0.536. The number of rotatable bonds is 6. The summed E-state index contributed by atoms with van der Waals surface area (Å²) in [4.78, 5) is 27.3. The Bertz CT molecular complexity index is 789. The number of Topliss-reactive ketones (excluding diaryl/α,β-unsaturated/α-hetero) is 1. The van der Waals surface area contributed by atoms with Crippen molar-refractivity contribution in [2.45, 2.75) is 6.42 Å². The van der Waals surface area contributed by atoms with Crippen LogP contribution in [0.25, 0.3) is 9.75 Å². The fraction of sp³-hybridized carbons (Fsp3) is 0.111. The summed E-state index contributed by atoms with van der Waals surface area (Å²) in [5.41, 5.74) is 0.682. The molecule has 116 valence electrons. The molecule has 0 unspecified atom stereocenters. The Morgan fingerprint density at radius 3 is 2.48 bits per heavy atom. The molecule has 0 saturated heterocycles. The summed E-state index contributed by atoms with van der Waals surface area (Å²) in [5, 5.41) is 2.05. The molecule has 3 rings (SSSR count). The molecule has 0 aliphatic heterocycles. The fourth-order valence-corrected chi connectivity index (χ4v) is 4.64. The Morgan fingerprint density at radius 2 is 1.74 bits per heavy atom. The van der Waals surface area contributed by atoms with Crippen LogP contribution in [-0.2, 0) is 0 Å². The lowest BCUT2D eigenvalue weighted by Crippen LogP contribution is -2.00. The Balaban J connectivity index is 1.53. The van der Waals surface area contributed by atoms with Crippen LogP contribution in [0, 0.1) is 0 Å². The van der Waals surface area contributed by atoms with E-state index in [2.05, 4.69) is 6.07 Å². The van der Waals surface area contributed by atoms with Gasteiger partial charge in [-0.05, 0) is 23.6 Å². The Labute approximate surface area is 147 Å². The Morgan fingerprint density at radius 1 is 0.913 bits per heavy atom. The van der Waals surface area contributed by atoms with Gasteiger partial charge in [0.2, 0.25) is 5.12 Å². The maximum atomic E-state index is 12.2. The zero-order valence-electron chi connectivity index (χ0n) is 12.2. The van der Waals surface area contributed by atoms with Crippen LogP contribution in [0.3, 0.4) is 0 Å². The molecule has 0 atom stereocenters. The van der Waals surface area contributed by atoms with E-state index >= 15 is 0 Å².